The molecule has 138 valence electrons. The molecule has 0 unspecified atom stereocenters. The van der Waals surface area contributed by atoms with Crippen LogP contribution >= 0.6 is 23.8 Å². The topological polar surface area (TPSA) is 54.9 Å². The van der Waals surface area contributed by atoms with Crippen molar-refractivity contribution >= 4 is 35.1 Å². The van der Waals surface area contributed by atoms with Crippen LogP contribution in [0.5, 0.6) is 11.5 Å². The molecule has 0 atom stereocenters. The van der Waals surface area contributed by atoms with Crippen molar-refractivity contribution in [2.45, 2.75) is 13.5 Å². The van der Waals surface area contributed by atoms with Crippen LogP contribution in [0.25, 0.3) is 0 Å². The van der Waals surface area contributed by atoms with Gasteiger partial charge in [-0.25, -0.2) is 4.39 Å². The van der Waals surface area contributed by atoms with Gasteiger partial charge in [-0.2, -0.15) is 5.10 Å². The average Bonchev–Trinajstić information content (AvgIpc) is 2.60. The average molecular weight is 396 g/mol. The molecule has 0 fully saturated rings. The van der Waals surface area contributed by atoms with E-state index in [1.54, 1.807) is 30.5 Å². The molecule has 2 aromatic rings. The Kier molecular flexibility index (Phi) is 7.62. The number of methoxy groups -OCH3 is 1. The number of benzene rings is 2. The summed E-state index contributed by atoms with van der Waals surface area (Å²) in [6.45, 7) is 2.81. The molecule has 0 saturated heterocycles. The first-order chi connectivity index (χ1) is 12.5. The van der Waals surface area contributed by atoms with Crippen molar-refractivity contribution in [3.05, 3.63) is 58.4 Å². The van der Waals surface area contributed by atoms with E-state index < -0.39 is 0 Å². The molecule has 0 amide bonds. The smallest absolute Gasteiger partial charge is 0.186 e. The summed E-state index contributed by atoms with van der Waals surface area (Å²) in [6.07, 6.45) is 1.56. The third-order valence-corrected chi connectivity index (χ3v) is 3.76. The molecule has 0 aliphatic rings. The Morgan fingerprint density at radius 3 is 2.85 bits per heavy atom. The number of hydrazone groups is 1. The summed E-state index contributed by atoms with van der Waals surface area (Å²) in [5, 5.41) is 7.74. The van der Waals surface area contributed by atoms with Gasteiger partial charge in [-0.15, -0.1) is 0 Å². The zero-order valence-electron chi connectivity index (χ0n) is 14.4. The summed E-state index contributed by atoms with van der Waals surface area (Å²) in [5.41, 5.74) is 4.09. The Bertz CT molecular complexity index is 802. The Morgan fingerprint density at radius 1 is 1.35 bits per heavy atom. The highest BCUT2D eigenvalue weighted by molar-refractivity contribution is 7.80. The van der Waals surface area contributed by atoms with E-state index in [9.17, 15) is 4.39 Å². The summed E-state index contributed by atoms with van der Waals surface area (Å²) in [5.74, 6) is 0.509. The van der Waals surface area contributed by atoms with Gasteiger partial charge in [0, 0.05) is 6.54 Å². The highest BCUT2D eigenvalue weighted by atomic mass is 35.5. The number of hydrogen-bond acceptors (Lipinski definition) is 4. The van der Waals surface area contributed by atoms with Crippen molar-refractivity contribution in [2.24, 2.45) is 5.10 Å². The monoisotopic (exact) mass is 395 g/mol. The molecule has 0 saturated carbocycles. The van der Waals surface area contributed by atoms with Gasteiger partial charge in [-0.05, 0) is 54.5 Å². The van der Waals surface area contributed by atoms with E-state index in [2.05, 4.69) is 15.8 Å². The van der Waals surface area contributed by atoms with Gasteiger partial charge >= 0.3 is 0 Å². The van der Waals surface area contributed by atoms with Crippen LogP contribution in [0.4, 0.5) is 4.39 Å². The molecule has 2 rings (SSSR count). The fraction of sp³-hybridized carbons (Fsp3) is 0.222. The van der Waals surface area contributed by atoms with E-state index in [1.807, 2.05) is 6.92 Å². The largest absolute Gasteiger partial charge is 0.493 e. The molecule has 2 N–H and O–H groups in total. The van der Waals surface area contributed by atoms with Crippen LogP contribution in [0, 0.1) is 5.82 Å². The van der Waals surface area contributed by atoms with Crippen molar-refractivity contribution in [1.29, 1.82) is 0 Å². The van der Waals surface area contributed by atoms with E-state index in [0.29, 0.717) is 39.3 Å². The zero-order valence-corrected chi connectivity index (χ0v) is 16.0. The molecule has 0 spiro atoms. The number of hydrogen-bond donors (Lipinski definition) is 2. The lowest BCUT2D eigenvalue weighted by Gasteiger charge is -2.13. The van der Waals surface area contributed by atoms with E-state index >= 15 is 0 Å². The van der Waals surface area contributed by atoms with Crippen LogP contribution in [0.1, 0.15) is 18.1 Å². The Labute approximate surface area is 162 Å². The lowest BCUT2D eigenvalue weighted by atomic mass is 10.2. The van der Waals surface area contributed by atoms with E-state index in [-0.39, 0.29) is 12.4 Å². The van der Waals surface area contributed by atoms with Crippen molar-refractivity contribution in [3.63, 3.8) is 0 Å². The summed E-state index contributed by atoms with van der Waals surface area (Å²) in [4.78, 5) is 0. The molecule has 0 aliphatic heterocycles. The van der Waals surface area contributed by atoms with Gasteiger partial charge in [0.15, 0.2) is 16.6 Å². The molecule has 8 heteroatoms. The number of halogens is 2. The van der Waals surface area contributed by atoms with E-state index in [1.165, 1.54) is 19.2 Å². The standard InChI is InChI=1S/C18H19ClFN3O2S/c1-3-21-18(26)23-22-10-13-8-15(19)17(16(9-13)24-2)25-11-12-5-4-6-14(20)7-12/h4-10H,3,11H2,1-2H3,(H2,21,23,26). The summed E-state index contributed by atoms with van der Waals surface area (Å²) in [7, 11) is 1.51. The molecular formula is C18H19ClFN3O2S. The van der Waals surface area contributed by atoms with Gasteiger partial charge in [0.25, 0.3) is 0 Å². The van der Waals surface area contributed by atoms with Gasteiger partial charge in [0.2, 0.25) is 0 Å². The van der Waals surface area contributed by atoms with E-state index in [4.69, 9.17) is 33.3 Å². The number of ether oxygens (including phenoxy) is 2. The van der Waals surface area contributed by atoms with Gasteiger partial charge in [0.05, 0.1) is 18.3 Å². The molecule has 0 aromatic heterocycles. The minimum absolute atomic E-state index is 0.166. The normalized spacial score (nSPS) is 10.6. The highest BCUT2D eigenvalue weighted by Crippen LogP contribution is 2.36. The predicted octanol–water partition coefficient (Wildman–Crippen LogP) is 3.88. The number of rotatable bonds is 7. The van der Waals surface area contributed by atoms with Crippen LogP contribution in [-0.2, 0) is 6.61 Å². The second-order valence-corrected chi connectivity index (χ2v) is 6.00. The molecular weight excluding hydrogens is 377 g/mol. The number of nitrogens with one attached hydrogen (secondary N) is 2. The van der Waals surface area contributed by atoms with Gasteiger partial charge in [-0.3, -0.25) is 5.43 Å². The summed E-state index contributed by atoms with van der Waals surface area (Å²) >= 11 is 11.3. The molecule has 26 heavy (non-hydrogen) atoms. The Hall–Kier alpha value is -2.38. The van der Waals surface area contributed by atoms with Crippen molar-refractivity contribution < 1.29 is 13.9 Å². The molecule has 0 aliphatic carbocycles. The summed E-state index contributed by atoms with van der Waals surface area (Å²) < 4.78 is 24.3. The van der Waals surface area contributed by atoms with Crippen LogP contribution < -0.4 is 20.2 Å². The fourth-order valence-corrected chi connectivity index (χ4v) is 2.57. The Morgan fingerprint density at radius 2 is 2.15 bits per heavy atom. The maximum absolute atomic E-state index is 13.3. The quantitative estimate of drug-likeness (QED) is 0.423. The van der Waals surface area contributed by atoms with Crippen LogP contribution in [0.15, 0.2) is 41.5 Å². The zero-order chi connectivity index (χ0) is 18.9. The van der Waals surface area contributed by atoms with Gasteiger partial charge < -0.3 is 14.8 Å². The molecule has 0 heterocycles. The van der Waals surface area contributed by atoms with E-state index in [0.717, 1.165) is 0 Å². The van der Waals surface area contributed by atoms with Crippen LogP contribution in [0.3, 0.4) is 0 Å². The maximum Gasteiger partial charge on any atom is 0.186 e. The first kappa shape index (κ1) is 19.9. The molecule has 2 aromatic carbocycles. The third kappa shape index (κ3) is 5.86. The van der Waals surface area contributed by atoms with Crippen molar-refractivity contribution in [1.82, 2.24) is 10.7 Å². The second kappa shape index (κ2) is 9.94. The summed E-state index contributed by atoms with van der Waals surface area (Å²) in [6, 6.07) is 9.59. The maximum atomic E-state index is 13.3. The van der Waals surface area contributed by atoms with Crippen molar-refractivity contribution in [3.8, 4) is 11.5 Å². The SMILES string of the molecule is CCNC(=S)NN=Cc1cc(Cl)c(OCc2cccc(F)c2)c(OC)c1. The highest BCUT2D eigenvalue weighted by Gasteiger charge is 2.12. The number of thiocarbonyl (C=S) groups is 1. The minimum Gasteiger partial charge on any atom is -0.493 e. The lowest BCUT2D eigenvalue weighted by Crippen LogP contribution is -2.31. The first-order valence-corrected chi connectivity index (χ1v) is 8.63. The molecule has 0 radical (unpaired) electrons. The minimum atomic E-state index is -0.321. The second-order valence-electron chi connectivity index (χ2n) is 5.18. The molecule has 5 nitrogen and oxygen atoms in total. The Balaban J connectivity index is 2.10. The van der Waals surface area contributed by atoms with Crippen LogP contribution in [-0.4, -0.2) is 25.0 Å². The fourth-order valence-electron chi connectivity index (χ4n) is 2.10. The van der Waals surface area contributed by atoms with Gasteiger partial charge in [0.1, 0.15) is 12.4 Å². The van der Waals surface area contributed by atoms with Crippen LogP contribution in [0.2, 0.25) is 5.02 Å². The van der Waals surface area contributed by atoms with Gasteiger partial charge in [-0.1, -0.05) is 23.7 Å². The predicted molar refractivity (Wildman–Crippen MR) is 106 cm³/mol. The molecule has 0 bridgehead atoms. The number of nitrogens with zero attached hydrogens (tertiary/aromatic N) is 1. The first-order valence-electron chi connectivity index (χ1n) is 7.85. The van der Waals surface area contributed by atoms with Crippen molar-refractivity contribution in [2.75, 3.05) is 13.7 Å². The third-order valence-electron chi connectivity index (χ3n) is 3.24. The lowest BCUT2D eigenvalue weighted by molar-refractivity contribution is 0.284.